The van der Waals surface area contributed by atoms with E-state index in [1.807, 2.05) is 40.8 Å². The first kappa shape index (κ1) is 16.3. The van der Waals surface area contributed by atoms with Gasteiger partial charge in [0, 0.05) is 13.1 Å². The zero-order valence-corrected chi connectivity index (χ0v) is 15.1. The molecule has 2 aromatic rings. The third-order valence-corrected chi connectivity index (χ3v) is 5.94. The van der Waals surface area contributed by atoms with Crippen molar-refractivity contribution in [2.45, 2.75) is 36.2 Å². The molecular formula is C17H21N5O2S. The van der Waals surface area contributed by atoms with Gasteiger partial charge in [-0.2, -0.15) is 0 Å². The highest BCUT2D eigenvalue weighted by molar-refractivity contribution is 8.00. The SMILES string of the molecule is COc1ccc([C@H]2Nn3c(C)nnc3S[C@H]2C(=O)N2CCCC2)cc1. The maximum absolute atomic E-state index is 13.1. The molecule has 0 saturated carbocycles. The second-order valence-corrected chi connectivity index (χ2v) is 7.42. The van der Waals surface area contributed by atoms with Crippen molar-refractivity contribution in [3.63, 3.8) is 0 Å². The van der Waals surface area contributed by atoms with Crippen LogP contribution in [0.3, 0.4) is 0 Å². The van der Waals surface area contributed by atoms with E-state index in [1.165, 1.54) is 11.8 Å². The Morgan fingerprint density at radius 3 is 2.64 bits per heavy atom. The van der Waals surface area contributed by atoms with Gasteiger partial charge in [0.2, 0.25) is 11.1 Å². The molecular weight excluding hydrogens is 338 g/mol. The van der Waals surface area contributed by atoms with Gasteiger partial charge >= 0.3 is 0 Å². The number of carbonyl (C=O) groups excluding carboxylic acids is 1. The number of amides is 1. The smallest absolute Gasteiger partial charge is 0.238 e. The molecule has 8 heteroatoms. The van der Waals surface area contributed by atoms with Crippen LogP contribution in [0.1, 0.15) is 30.3 Å². The second kappa shape index (κ2) is 6.59. The molecule has 1 aromatic heterocycles. The van der Waals surface area contributed by atoms with E-state index in [9.17, 15) is 4.79 Å². The van der Waals surface area contributed by atoms with Gasteiger partial charge in [0.25, 0.3) is 0 Å². The van der Waals surface area contributed by atoms with Crippen molar-refractivity contribution in [3.05, 3.63) is 35.7 Å². The second-order valence-electron chi connectivity index (χ2n) is 6.32. The van der Waals surface area contributed by atoms with Gasteiger partial charge in [0.05, 0.1) is 13.2 Å². The van der Waals surface area contributed by atoms with E-state index >= 15 is 0 Å². The van der Waals surface area contributed by atoms with E-state index in [0.29, 0.717) is 0 Å². The summed E-state index contributed by atoms with van der Waals surface area (Å²) in [5.74, 6) is 1.76. The Labute approximate surface area is 150 Å². The molecule has 1 amide bonds. The van der Waals surface area contributed by atoms with Crippen molar-refractivity contribution in [3.8, 4) is 5.75 Å². The third kappa shape index (κ3) is 2.95. The van der Waals surface area contributed by atoms with Crippen molar-refractivity contribution >= 4 is 17.7 Å². The number of hydrogen-bond acceptors (Lipinski definition) is 6. The molecule has 25 heavy (non-hydrogen) atoms. The lowest BCUT2D eigenvalue weighted by molar-refractivity contribution is -0.129. The van der Waals surface area contributed by atoms with Gasteiger partial charge in [-0.15, -0.1) is 10.2 Å². The number of likely N-dealkylation sites (tertiary alicyclic amines) is 1. The van der Waals surface area contributed by atoms with Crippen LogP contribution < -0.4 is 10.2 Å². The third-order valence-electron chi connectivity index (χ3n) is 4.73. The number of nitrogens with zero attached hydrogens (tertiary/aromatic N) is 4. The molecule has 0 radical (unpaired) electrons. The number of hydrogen-bond donors (Lipinski definition) is 1. The normalized spacial score (nSPS) is 22.4. The first-order valence-corrected chi connectivity index (χ1v) is 9.33. The van der Waals surface area contributed by atoms with Crippen molar-refractivity contribution < 1.29 is 9.53 Å². The zero-order valence-electron chi connectivity index (χ0n) is 14.3. The Morgan fingerprint density at radius 2 is 1.96 bits per heavy atom. The minimum Gasteiger partial charge on any atom is -0.497 e. The van der Waals surface area contributed by atoms with E-state index in [2.05, 4.69) is 15.6 Å². The number of methoxy groups -OCH3 is 1. The zero-order chi connectivity index (χ0) is 17.4. The number of benzene rings is 1. The lowest BCUT2D eigenvalue weighted by atomic mass is 10.0. The maximum atomic E-state index is 13.1. The number of nitrogens with one attached hydrogen (secondary N) is 1. The van der Waals surface area contributed by atoms with Gasteiger partial charge < -0.3 is 15.1 Å². The molecule has 1 aromatic carbocycles. The summed E-state index contributed by atoms with van der Waals surface area (Å²) in [5, 5.41) is 8.80. The molecule has 2 aliphatic heterocycles. The van der Waals surface area contributed by atoms with E-state index in [1.54, 1.807) is 7.11 Å². The fraction of sp³-hybridized carbons (Fsp3) is 0.471. The van der Waals surface area contributed by atoms with Gasteiger partial charge in [-0.3, -0.25) is 4.79 Å². The maximum Gasteiger partial charge on any atom is 0.238 e. The van der Waals surface area contributed by atoms with Crippen LogP contribution in [0.4, 0.5) is 0 Å². The first-order valence-electron chi connectivity index (χ1n) is 8.45. The van der Waals surface area contributed by atoms with Gasteiger partial charge in [0.1, 0.15) is 16.8 Å². The summed E-state index contributed by atoms with van der Waals surface area (Å²) in [7, 11) is 1.65. The van der Waals surface area contributed by atoms with Crippen LogP contribution in [-0.2, 0) is 4.79 Å². The average molecular weight is 359 g/mol. The topological polar surface area (TPSA) is 72.3 Å². The molecule has 1 N–H and O–H groups in total. The monoisotopic (exact) mass is 359 g/mol. The van der Waals surface area contributed by atoms with Gasteiger partial charge in [-0.1, -0.05) is 23.9 Å². The van der Waals surface area contributed by atoms with E-state index in [-0.39, 0.29) is 17.2 Å². The Kier molecular flexibility index (Phi) is 4.29. The van der Waals surface area contributed by atoms with E-state index in [4.69, 9.17) is 4.74 Å². The highest BCUT2D eigenvalue weighted by Gasteiger charge is 2.39. The fourth-order valence-electron chi connectivity index (χ4n) is 3.33. The van der Waals surface area contributed by atoms with E-state index < -0.39 is 0 Å². The standard InChI is InChI=1S/C17H21N5O2S/c1-11-18-19-17-22(11)20-14(12-5-7-13(24-2)8-6-12)15(25-17)16(23)21-9-3-4-10-21/h5-8,14-15,20H,3-4,9-10H2,1-2H3/t14-,15-/m1/s1. The summed E-state index contributed by atoms with van der Waals surface area (Å²) >= 11 is 1.49. The molecule has 4 rings (SSSR count). The first-order chi connectivity index (χ1) is 12.2. The molecule has 0 spiro atoms. The van der Waals surface area contributed by atoms with Gasteiger partial charge in [-0.05, 0) is 37.5 Å². The molecule has 0 aliphatic carbocycles. The molecule has 0 unspecified atom stereocenters. The molecule has 1 saturated heterocycles. The molecule has 3 heterocycles. The molecule has 132 valence electrons. The summed E-state index contributed by atoms with van der Waals surface area (Å²) in [6.07, 6.45) is 2.16. The fourth-order valence-corrected chi connectivity index (χ4v) is 4.54. The van der Waals surface area contributed by atoms with Gasteiger partial charge in [0.15, 0.2) is 0 Å². The number of rotatable bonds is 3. The van der Waals surface area contributed by atoms with Crippen LogP contribution in [0.2, 0.25) is 0 Å². The highest BCUT2D eigenvalue weighted by Crippen LogP contribution is 2.38. The van der Waals surface area contributed by atoms with Crippen molar-refractivity contribution in [1.29, 1.82) is 0 Å². The average Bonchev–Trinajstić information content (AvgIpc) is 3.31. The Balaban J connectivity index is 1.68. The van der Waals surface area contributed by atoms with Crippen molar-refractivity contribution in [1.82, 2.24) is 19.8 Å². The van der Waals surface area contributed by atoms with Crippen LogP contribution in [-0.4, -0.2) is 51.1 Å². The Morgan fingerprint density at radius 1 is 1.24 bits per heavy atom. The molecule has 2 atom stereocenters. The van der Waals surface area contributed by atoms with Crippen LogP contribution in [0, 0.1) is 6.92 Å². The molecule has 2 aliphatic rings. The van der Waals surface area contributed by atoms with Gasteiger partial charge in [-0.25, -0.2) is 4.68 Å². The number of carbonyl (C=O) groups is 1. The summed E-state index contributed by atoms with van der Waals surface area (Å²) in [4.78, 5) is 15.1. The van der Waals surface area contributed by atoms with Crippen molar-refractivity contribution in [2.24, 2.45) is 0 Å². The van der Waals surface area contributed by atoms with Crippen LogP contribution in [0.25, 0.3) is 0 Å². The largest absolute Gasteiger partial charge is 0.497 e. The number of aromatic nitrogens is 3. The summed E-state index contributed by atoms with van der Waals surface area (Å²) in [6.45, 7) is 3.59. The molecule has 1 fully saturated rings. The lowest BCUT2D eigenvalue weighted by Crippen LogP contribution is -2.45. The number of thioether (sulfide) groups is 1. The van der Waals surface area contributed by atoms with Crippen LogP contribution >= 0.6 is 11.8 Å². The van der Waals surface area contributed by atoms with Crippen molar-refractivity contribution in [2.75, 3.05) is 25.6 Å². The number of fused-ring (bicyclic) bond motifs is 1. The number of ether oxygens (including phenoxy) is 1. The summed E-state index contributed by atoms with van der Waals surface area (Å²) < 4.78 is 7.12. The predicted octanol–water partition coefficient (Wildman–Crippen LogP) is 1.98. The van der Waals surface area contributed by atoms with E-state index in [0.717, 1.165) is 48.2 Å². The van der Waals surface area contributed by atoms with Crippen LogP contribution in [0.15, 0.2) is 29.4 Å². The molecule has 7 nitrogen and oxygen atoms in total. The molecule has 0 bridgehead atoms. The quantitative estimate of drug-likeness (QED) is 0.903. The Hall–Kier alpha value is -2.22. The van der Waals surface area contributed by atoms with Crippen LogP contribution in [0.5, 0.6) is 5.75 Å². The summed E-state index contributed by atoms with van der Waals surface area (Å²) in [6, 6.07) is 7.71. The summed E-state index contributed by atoms with van der Waals surface area (Å²) in [5.41, 5.74) is 4.48. The number of aryl methyl sites for hydroxylation is 1. The predicted molar refractivity (Wildman–Crippen MR) is 95.3 cm³/mol. The highest BCUT2D eigenvalue weighted by atomic mass is 32.2. The Bertz CT molecular complexity index is 770. The lowest BCUT2D eigenvalue weighted by Gasteiger charge is -2.34. The minimum atomic E-state index is -0.261. The minimum absolute atomic E-state index is 0.147.